The predicted molar refractivity (Wildman–Crippen MR) is 217 cm³/mol. The molecule has 0 N–H and O–H groups in total. The summed E-state index contributed by atoms with van der Waals surface area (Å²) in [5.74, 6) is 0.429. The zero-order valence-corrected chi connectivity index (χ0v) is 37.7. The van der Waals surface area contributed by atoms with E-state index in [1.165, 1.54) is 83.5 Å². The minimum absolute atomic E-state index is 0. The molecule has 8 rings (SSSR count). The van der Waals surface area contributed by atoms with Crippen molar-refractivity contribution in [3.63, 3.8) is 0 Å². The summed E-state index contributed by atoms with van der Waals surface area (Å²) in [4.78, 5) is 0. The Kier molecular flexibility index (Phi) is 10.3. The molecule has 0 amide bonds. The Labute approximate surface area is 339 Å². The Balaban J connectivity index is 0.00000240. The molecule has 4 aliphatic carbocycles. The van der Waals surface area contributed by atoms with Crippen LogP contribution in [0.3, 0.4) is 0 Å². The van der Waals surface area contributed by atoms with Gasteiger partial charge in [-0.15, -0.1) is 0 Å². The zero-order valence-electron chi connectivity index (χ0n) is 33.7. The molecule has 0 saturated heterocycles. The zero-order chi connectivity index (χ0) is 36.4. The van der Waals surface area contributed by atoms with Crippen molar-refractivity contribution in [2.24, 2.45) is 11.3 Å². The van der Waals surface area contributed by atoms with E-state index in [1.54, 1.807) is 9.77 Å². The van der Waals surface area contributed by atoms with Gasteiger partial charge in [-0.1, -0.05) is 0 Å². The molecule has 0 nitrogen and oxygen atoms in total. The SMILES string of the molecule is CC1=CC(C)(C)c2cc3c(cc21)-c1cc2c(cc1C3)C(C)(C)[C]([Zr+2]([C]1=CC(C(C)(C)C)=CC1C)=[C](c1ccc(C)cc1)c1ccc(C)cc1)=C2C.[Cl-].[Cl-]. The summed E-state index contributed by atoms with van der Waals surface area (Å²) in [6.45, 7) is 28.6. The van der Waals surface area contributed by atoms with Crippen molar-refractivity contribution in [1.29, 1.82) is 0 Å². The maximum absolute atomic E-state index is 2.89. The van der Waals surface area contributed by atoms with Crippen LogP contribution in [0, 0.1) is 25.2 Å². The molecular formula is C50H54Cl2Zr. The maximum Gasteiger partial charge on any atom is -1.00 e. The second-order valence-corrected chi connectivity index (χ2v) is 23.9. The quantitative estimate of drug-likeness (QED) is 0.184. The number of rotatable bonds is 4. The molecule has 272 valence electrons. The minimum atomic E-state index is -2.89. The van der Waals surface area contributed by atoms with Crippen LogP contribution in [0.15, 0.2) is 103 Å². The van der Waals surface area contributed by atoms with Crippen LogP contribution in [0.1, 0.15) is 125 Å². The van der Waals surface area contributed by atoms with Crippen LogP contribution >= 0.6 is 0 Å². The van der Waals surface area contributed by atoms with E-state index in [9.17, 15) is 0 Å². The Hall–Kier alpha value is -2.83. The van der Waals surface area contributed by atoms with Crippen LogP contribution in [0.25, 0.3) is 22.3 Å². The first-order chi connectivity index (χ1) is 24.0. The van der Waals surface area contributed by atoms with Gasteiger partial charge in [0.2, 0.25) is 0 Å². The molecule has 3 heteroatoms. The van der Waals surface area contributed by atoms with Crippen molar-refractivity contribution in [1.82, 2.24) is 0 Å². The molecule has 0 heterocycles. The Morgan fingerprint density at radius 3 is 1.70 bits per heavy atom. The van der Waals surface area contributed by atoms with Crippen LogP contribution in [0.2, 0.25) is 0 Å². The van der Waals surface area contributed by atoms with Crippen molar-refractivity contribution < 1.29 is 46.1 Å². The van der Waals surface area contributed by atoms with Crippen molar-refractivity contribution in [2.75, 3.05) is 0 Å². The third-order valence-electron chi connectivity index (χ3n) is 12.5. The first-order valence-electron chi connectivity index (χ1n) is 19.1. The summed E-state index contributed by atoms with van der Waals surface area (Å²) in [5, 5.41) is 0. The van der Waals surface area contributed by atoms with Gasteiger partial charge in [-0.25, -0.2) is 0 Å². The summed E-state index contributed by atoms with van der Waals surface area (Å²) >= 11 is -2.89. The summed E-state index contributed by atoms with van der Waals surface area (Å²) < 4.78 is 5.08. The van der Waals surface area contributed by atoms with E-state index >= 15 is 0 Å². The number of halogens is 2. The topological polar surface area (TPSA) is 0 Å². The number of benzene rings is 4. The molecule has 4 aromatic carbocycles. The van der Waals surface area contributed by atoms with E-state index in [1.807, 2.05) is 0 Å². The average Bonchev–Trinajstić information content (AvgIpc) is 3.74. The summed E-state index contributed by atoms with van der Waals surface area (Å²) in [5.41, 5.74) is 21.9. The Morgan fingerprint density at radius 2 is 1.19 bits per heavy atom. The van der Waals surface area contributed by atoms with Crippen molar-refractivity contribution in [3.05, 3.63) is 159 Å². The number of allylic oxidation sites excluding steroid dienone is 8. The van der Waals surface area contributed by atoms with Gasteiger partial charge in [0.05, 0.1) is 0 Å². The number of hydrogen-bond acceptors (Lipinski definition) is 0. The van der Waals surface area contributed by atoms with Gasteiger partial charge in [0.15, 0.2) is 0 Å². The summed E-state index contributed by atoms with van der Waals surface area (Å²) in [6.07, 6.45) is 8.74. The van der Waals surface area contributed by atoms with Gasteiger partial charge in [0, 0.05) is 0 Å². The Morgan fingerprint density at radius 1 is 0.679 bits per heavy atom. The van der Waals surface area contributed by atoms with Crippen molar-refractivity contribution in [3.8, 4) is 11.1 Å². The van der Waals surface area contributed by atoms with Gasteiger partial charge in [0.25, 0.3) is 0 Å². The van der Waals surface area contributed by atoms with E-state index in [4.69, 9.17) is 0 Å². The number of hydrogen-bond donors (Lipinski definition) is 0. The smallest absolute Gasteiger partial charge is 1.00 e. The molecule has 0 aromatic heterocycles. The molecule has 4 aromatic rings. The first-order valence-corrected chi connectivity index (χ1v) is 22.7. The molecule has 4 aliphatic rings. The van der Waals surface area contributed by atoms with Gasteiger partial charge < -0.3 is 24.8 Å². The fraction of sp³-hybridized carbons (Fsp3) is 0.340. The largest absolute Gasteiger partial charge is 1.00 e. The molecule has 1 atom stereocenters. The van der Waals surface area contributed by atoms with Gasteiger partial charge >= 0.3 is 317 Å². The molecule has 0 radical (unpaired) electrons. The van der Waals surface area contributed by atoms with Gasteiger partial charge in [-0.2, -0.15) is 0 Å². The van der Waals surface area contributed by atoms with Crippen molar-refractivity contribution in [2.45, 2.75) is 100 Å². The van der Waals surface area contributed by atoms with E-state index in [2.05, 4.69) is 174 Å². The molecular weight excluding hydrogens is 763 g/mol. The van der Waals surface area contributed by atoms with E-state index < -0.39 is 21.3 Å². The van der Waals surface area contributed by atoms with Gasteiger partial charge in [0.1, 0.15) is 0 Å². The van der Waals surface area contributed by atoms with E-state index in [-0.39, 0.29) is 41.1 Å². The molecule has 0 bridgehead atoms. The third-order valence-corrected chi connectivity index (χ3v) is 21.7. The maximum atomic E-state index is 2.66. The number of fused-ring (bicyclic) bond motifs is 5. The molecule has 0 fully saturated rings. The summed E-state index contributed by atoms with van der Waals surface area (Å²) in [6, 6.07) is 29.2. The monoisotopic (exact) mass is 814 g/mol. The summed E-state index contributed by atoms with van der Waals surface area (Å²) in [7, 11) is 0. The van der Waals surface area contributed by atoms with Crippen LogP contribution in [-0.4, -0.2) is 3.21 Å². The first kappa shape index (κ1) is 39.9. The molecule has 53 heavy (non-hydrogen) atoms. The second kappa shape index (κ2) is 13.7. The fourth-order valence-corrected chi connectivity index (χ4v) is 19.1. The van der Waals surface area contributed by atoms with Gasteiger partial charge in [-0.05, 0) is 0 Å². The molecule has 1 unspecified atom stereocenters. The molecule has 0 saturated carbocycles. The van der Waals surface area contributed by atoms with Crippen LogP contribution < -0.4 is 24.8 Å². The predicted octanol–water partition coefficient (Wildman–Crippen LogP) is 6.99. The van der Waals surface area contributed by atoms with E-state index in [0.717, 1.165) is 6.42 Å². The average molecular weight is 817 g/mol. The van der Waals surface area contributed by atoms with Crippen LogP contribution in [0.4, 0.5) is 0 Å². The van der Waals surface area contributed by atoms with Gasteiger partial charge in [-0.3, -0.25) is 0 Å². The molecule has 0 aliphatic heterocycles. The molecule has 0 spiro atoms. The number of aryl methyl sites for hydroxylation is 2. The van der Waals surface area contributed by atoms with E-state index in [0.29, 0.717) is 5.92 Å². The van der Waals surface area contributed by atoms with Crippen molar-refractivity contribution >= 4 is 14.4 Å². The minimum Gasteiger partial charge on any atom is -1.00 e. The third kappa shape index (κ3) is 6.46. The Bertz CT molecular complexity index is 2280. The fourth-order valence-electron chi connectivity index (χ4n) is 9.69. The standard InChI is InChI=1S/C25H25.C15H14.C10H15.2ClH.Zr/c1-14-12-24(3,4)22-8-16-7-17-9-23-19(15(2)13-25(23,5)6)11-21(17)20(16)10-18(14)22;1-12-3-7-14(8-4-12)11-15-9-5-13(2)6-10-15;1-8-5-6-9(7-8)10(2,3)4;;;/h8-12H,7H2,1-6H3;3-10H,1-2H3;6-8H,1-4H3;2*1H;/q;;;;;+2/p-2. The van der Waals surface area contributed by atoms with Crippen LogP contribution in [-0.2, 0) is 38.5 Å². The normalized spacial score (nSPS) is 18.4. The second-order valence-electron chi connectivity index (χ2n) is 18.2. The van der Waals surface area contributed by atoms with Crippen LogP contribution in [0.5, 0.6) is 0 Å².